The Balaban J connectivity index is 2.48. The summed E-state index contributed by atoms with van der Waals surface area (Å²) in [7, 11) is 3.25. The first kappa shape index (κ1) is 9.96. The highest BCUT2D eigenvalue weighted by Gasteiger charge is 2.23. The second-order valence-electron chi connectivity index (χ2n) is 2.70. The molecule has 0 amide bonds. The van der Waals surface area contributed by atoms with Crippen LogP contribution < -0.4 is 0 Å². The summed E-state index contributed by atoms with van der Waals surface area (Å²) in [6.07, 6.45) is 1.98. The normalized spacial score (nSPS) is 10.4. The first-order chi connectivity index (χ1) is 6.83. The highest BCUT2D eigenvalue weighted by atomic mass is 32.9. The number of rotatable bonds is 2. The van der Waals surface area contributed by atoms with E-state index in [0.717, 1.165) is 14.6 Å². The van der Waals surface area contributed by atoms with Crippen LogP contribution >= 0.6 is 32.4 Å². The fraction of sp³-hybridized carbons (Fsp3) is 0.100. The molecular formula is C10H9OS3+. The average Bonchev–Trinajstić information content (AvgIpc) is 2.61. The van der Waals surface area contributed by atoms with Crippen LogP contribution in [0, 0.1) is 0 Å². The second kappa shape index (κ2) is 4.29. The van der Waals surface area contributed by atoms with Crippen molar-refractivity contribution in [1.82, 2.24) is 0 Å². The van der Waals surface area contributed by atoms with Crippen molar-refractivity contribution in [3.63, 3.8) is 0 Å². The van der Waals surface area contributed by atoms with Gasteiger partial charge >= 0.3 is 14.5 Å². The summed E-state index contributed by atoms with van der Waals surface area (Å²) >= 11 is 1.59. The lowest BCUT2D eigenvalue weighted by Gasteiger charge is -1.93. The van der Waals surface area contributed by atoms with Gasteiger partial charge in [-0.15, -0.1) is 0 Å². The van der Waals surface area contributed by atoms with Crippen LogP contribution in [0.1, 0.15) is 0 Å². The van der Waals surface area contributed by atoms with Crippen LogP contribution in [0.4, 0.5) is 0 Å². The van der Waals surface area contributed by atoms with Gasteiger partial charge in [0, 0.05) is 5.56 Å². The summed E-state index contributed by atoms with van der Waals surface area (Å²) in [6.45, 7) is 0. The summed E-state index contributed by atoms with van der Waals surface area (Å²) < 4.78 is 0.994. The molecule has 0 atom stereocenters. The molecule has 4 heteroatoms. The SMILES string of the molecule is CSc1[s+]sc(-c2ccccc2)c1O. The van der Waals surface area contributed by atoms with E-state index in [1.165, 1.54) is 0 Å². The Labute approximate surface area is 94.4 Å². The van der Waals surface area contributed by atoms with E-state index in [4.69, 9.17) is 0 Å². The molecule has 14 heavy (non-hydrogen) atoms. The molecule has 0 radical (unpaired) electrons. The summed E-state index contributed by atoms with van der Waals surface area (Å²) in [5.74, 6) is 0.429. The summed E-state index contributed by atoms with van der Waals surface area (Å²) in [5, 5.41) is 9.88. The third kappa shape index (κ3) is 1.78. The molecule has 72 valence electrons. The van der Waals surface area contributed by atoms with E-state index in [-0.39, 0.29) is 0 Å². The summed E-state index contributed by atoms with van der Waals surface area (Å²) in [5.41, 5.74) is 1.09. The third-order valence-corrected chi connectivity index (χ3v) is 5.73. The van der Waals surface area contributed by atoms with E-state index in [1.807, 2.05) is 36.6 Å². The van der Waals surface area contributed by atoms with Gasteiger partial charge in [-0.1, -0.05) is 42.1 Å². The van der Waals surface area contributed by atoms with Crippen LogP contribution in [-0.4, -0.2) is 11.4 Å². The summed E-state index contributed by atoms with van der Waals surface area (Å²) in [4.78, 5) is 0.972. The molecule has 1 N–H and O–H groups in total. The topological polar surface area (TPSA) is 20.2 Å². The van der Waals surface area contributed by atoms with Crippen molar-refractivity contribution in [3.8, 4) is 16.2 Å². The highest BCUT2D eigenvalue weighted by molar-refractivity contribution is 8.02. The van der Waals surface area contributed by atoms with Crippen molar-refractivity contribution >= 4 is 32.4 Å². The monoisotopic (exact) mass is 241 g/mol. The van der Waals surface area contributed by atoms with Crippen molar-refractivity contribution in [2.45, 2.75) is 4.21 Å². The molecule has 0 saturated heterocycles. The van der Waals surface area contributed by atoms with Gasteiger partial charge in [0.25, 0.3) is 0 Å². The fourth-order valence-electron chi connectivity index (χ4n) is 1.16. The quantitative estimate of drug-likeness (QED) is 0.483. The minimum atomic E-state index is 0.429. The molecule has 1 aromatic heterocycles. The van der Waals surface area contributed by atoms with Crippen LogP contribution in [0.5, 0.6) is 5.75 Å². The zero-order valence-corrected chi connectivity index (χ0v) is 10.0. The number of hydrogen-bond acceptors (Lipinski definition) is 3. The Morgan fingerprint density at radius 3 is 2.57 bits per heavy atom. The van der Waals surface area contributed by atoms with Crippen molar-refractivity contribution in [2.75, 3.05) is 6.26 Å². The molecule has 0 spiro atoms. The first-order valence-corrected chi connectivity index (χ1v) is 7.45. The number of benzene rings is 1. The maximum Gasteiger partial charge on any atom is 0.323 e. The Morgan fingerprint density at radius 2 is 2.00 bits per heavy atom. The molecular weight excluding hydrogens is 232 g/mol. The first-order valence-electron chi connectivity index (χ1n) is 4.07. The largest absolute Gasteiger partial charge is 0.501 e. The molecule has 0 aliphatic rings. The molecule has 1 heterocycles. The predicted octanol–water partition coefficient (Wildman–Crippen LogP) is 4.19. The minimum absolute atomic E-state index is 0.429. The third-order valence-electron chi connectivity index (χ3n) is 1.83. The van der Waals surface area contributed by atoms with E-state index < -0.39 is 0 Å². The molecule has 1 aromatic carbocycles. The van der Waals surface area contributed by atoms with Gasteiger partial charge in [0.2, 0.25) is 5.75 Å². The van der Waals surface area contributed by atoms with Gasteiger partial charge < -0.3 is 5.11 Å². The van der Waals surface area contributed by atoms with Gasteiger partial charge in [0.05, 0.1) is 0 Å². The van der Waals surface area contributed by atoms with Crippen LogP contribution in [0.25, 0.3) is 10.4 Å². The molecule has 0 unspecified atom stereocenters. The summed E-state index contributed by atoms with van der Waals surface area (Å²) in [6, 6.07) is 9.98. The maximum atomic E-state index is 9.88. The van der Waals surface area contributed by atoms with Gasteiger partial charge in [0.15, 0.2) is 10.3 Å². The van der Waals surface area contributed by atoms with Crippen molar-refractivity contribution < 1.29 is 5.11 Å². The van der Waals surface area contributed by atoms with Crippen LogP contribution in [0.15, 0.2) is 34.5 Å². The molecule has 0 saturated carbocycles. The van der Waals surface area contributed by atoms with Gasteiger partial charge in [-0.3, -0.25) is 0 Å². The van der Waals surface area contributed by atoms with Crippen LogP contribution in [0.2, 0.25) is 0 Å². The Hall–Kier alpha value is -0.580. The number of thioether (sulfide) groups is 1. The molecule has 0 bridgehead atoms. The molecule has 1 nitrogen and oxygen atoms in total. The lowest BCUT2D eigenvalue weighted by Crippen LogP contribution is -1.71. The predicted molar refractivity (Wildman–Crippen MR) is 65.5 cm³/mol. The van der Waals surface area contributed by atoms with Gasteiger partial charge in [-0.2, -0.15) is 0 Å². The van der Waals surface area contributed by atoms with Crippen molar-refractivity contribution in [2.24, 2.45) is 0 Å². The van der Waals surface area contributed by atoms with E-state index in [1.54, 1.807) is 32.4 Å². The molecule has 0 aliphatic carbocycles. The number of aromatic hydroxyl groups is 1. The maximum absolute atomic E-state index is 9.88. The lowest BCUT2D eigenvalue weighted by molar-refractivity contribution is 0.470. The Morgan fingerprint density at radius 1 is 1.29 bits per heavy atom. The minimum Gasteiger partial charge on any atom is -0.501 e. The van der Waals surface area contributed by atoms with E-state index in [2.05, 4.69) is 0 Å². The van der Waals surface area contributed by atoms with Gasteiger partial charge in [-0.05, 0) is 6.26 Å². The van der Waals surface area contributed by atoms with Crippen LogP contribution in [-0.2, 0) is 0 Å². The molecule has 0 aliphatic heterocycles. The van der Waals surface area contributed by atoms with E-state index in [0.29, 0.717) is 5.75 Å². The van der Waals surface area contributed by atoms with Crippen molar-refractivity contribution in [1.29, 1.82) is 0 Å². The highest BCUT2D eigenvalue weighted by Crippen LogP contribution is 2.46. The number of hydrogen-bond donors (Lipinski definition) is 1. The fourth-order valence-corrected chi connectivity index (χ4v) is 4.76. The molecule has 2 aromatic rings. The zero-order chi connectivity index (χ0) is 9.97. The van der Waals surface area contributed by atoms with E-state index >= 15 is 0 Å². The van der Waals surface area contributed by atoms with Crippen molar-refractivity contribution in [3.05, 3.63) is 30.3 Å². The van der Waals surface area contributed by atoms with Crippen LogP contribution in [0.3, 0.4) is 0 Å². The Kier molecular flexibility index (Phi) is 3.05. The Bertz CT molecular complexity index is 422. The van der Waals surface area contributed by atoms with Gasteiger partial charge in [-0.25, -0.2) is 0 Å². The van der Waals surface area contributed by atoms with E-state index in [9.17, 15) is 5.11 Å². The molecule has 0 fully saturated rings. The zero-order valence-electron chi connectivity index (χ0n) is 7.56. The molecule has 2 rings (SSSR count). The average molecular weight is 241 g/mol. The lowest BCUT2D eigenvalue weighted by atomic mass is 10.2. The van der Waals surface area contributed by atoms with Gasteiger partial charge in [0.1, 0.15) is 4.88 Å². The smallest absolute Gasteiger partial charge is 0.323 e. The second-order valence-corrected chi connectivity index (χ2v) is 5.93. The standard InChI is InChI=1S/C10H8OS3/c1-12-10-8(11)9(13-14-10)7-5-3-2-4-6-7/h2-6H,1H3/p+1.